The van der Waals surface area contributed by atoms with Gasteiger partial charge in [-0.1, -0.05) is 11.8 Å². The fourth-order valence-electron chi connectivity index (χ4n) is 1.19. The van der Waals surface area contributed by atoms with Crippen molar-refractivity contribution in [1.82, 2.24) is 14.5 Å². The van der Waals surface area contributed by atoms with Crippen molar-refractivity contribution in [2.45, 2.75) is 12.1 Å². The van der Waals surface area contributed by atoms with Gasteiger partial charge < -0.3 is 9.88 Å². The Balaban J connectivity index is 1.84. The number of thioether (sulfide) groups is 1. The number of rotatable bonds is 4. The predicted molar refractivity (Wildman–Crippen MR) is 69.4 cm³/mol. The highest BCUT2D eigenvalue weighted by atomic mass is 32.2. The summed E-state index contributed by atoms with van der Waals surface area (Å²) < 4.78 is 1.88. The summed E-state index contributed by atoms with van der Waals surface area (Å²) in [7, 11) is 1.90. The van der Waals surface area contributed by atoms with Gasteiger partial charge in [-0.05, 0) is 6.92 Å². The zero-order valence-electron chi connectivity index (χ0n) is 9.51. The Bertz CT molecular complexity index is 520. The average Bonchev–Trinajstić information content (AvgIpc) is 2.85. The van der Waals surface area contributed by atoms with Crippen LogP contribution in [-0.2, 0) is 11.8 Å². The quantitative estimate of drug-likeness (QED) is 0.861. The number of nitrogens with zero attached hydrogens (tertiary/aromatic N) is 3. The van der Waals surface area contributed by atoms with E-state index in [0.717, 1.165) is 10.0 Å². The van der Waals surface area contributed by atoms with E-state index in [-0.39, 0.29) is 5.91 Å². The van der Waals surface area contributed by atoms with Crippen molar-refractivity contribution in [1.29, 1.82) is 0 Å². The highest BCUT2D eigenvalue weighted by Gasteiger charge is 2.08. The number of carbonyl (C=O) groups is 1. The second-order valence-corrected chi connectivity index (χ2v) is 5.61. The Morgan fingerprint density at radius 2 is 2.41 bits per heavy atom. The van der Waals surface area contributed by atoms with Gasteiger partial charge >= 0.3 is 0 Å². The van der Waals surface area contributed by atoms with Crippen LogP contribution in [0.5, 0.6) is 0 Å². The molecular weight excluding hydrogens is 256 g/mol. The zero-order valence-corrected chi connectivity index (χ0v) is 11.1. The lowest BCUT2D eigenvalue weighted by molar-refractivity contribution is -0.113. The molecule has 2 heterocycles. The topological polar surface area (TPSA) is 59.8 Å². The molecule has 1 amide bonds. The van der Waals surface area contributed by atoms with Crippen LogP contribution in [0.25, 0.3) is 0 Å². The second-order valence-electron chi connectivity index (χ2n) is 3.43. The molecule has 0 aliphatic heterocycles. The molecule has 0 radical (unpaired) electrons. The van der Waals surface area contributed by atoms with Crippen molar-refractivity contribution < 1.29 is 4.79 Å². The molecule has 1 N–H and O–H groups in total. The van der Waals surface area contributed by atoms with Crippen molar-refractivity contribution in [3.05, 3.63) is 23.5 Å². The number of aromatic nitrogens is 3. The predicted octanol–water partition coefficient (Wildman–Crippen LogP) is 1.92. The molecule has 0 saturated carbocycles. The Kier molecular flexibility index (Phi) is 3.80. The zero-order chi connectivity index (χ0) is 12.3. The molecular formula is C10H12N4OS2. The Hall–Kier alpha value is -1.34. The number of thiazole rings is 1. The van der Waals surface area contributed by atoms with E-state index in [1.807, 2.05) is 24.7 Å². The van der Waals surface area contributed by atoms with E-state index >= 15 is 0 Å². The van der Waals surface area contributed by atoms with Gasteiger partial charge in [-0.2, -0.15) is 0 Å². The molecule has 0 unspecified atom stereocenters. The summed E-state index contributed by atoms with van der Waals surface area (Å²) in [4.78, 5) is 20.9. The van der Waals surface area contributed by atoms with Gasteiger partial charge in [-0.25, -0.2) is 9.97 Å². The van der Waals surface area contributed by atoms with Crippen LogP contribution >= 0.6 is 23.1 Å². The van der Waals surface area contributed by atoms with Crippen LogP contribution in [0.3, 0.4) is 0 Å². The van der Waals surface area contributed by atoms with Crippen molar-refractivity contribution in [2.75, 3.05) is 11.1 Å². The molecule has 0 aromatic carbocycles. The van der Waals surface area contributed by atoms with Gasteiger partial charge in [0.25, 0.3) is 0 Å². The van der Waals surface area contributed by atoms with Gasteiger partial charge in [0.1, 0.15) is 0 Å². The van der Waals surface area contributed by atoms with Crippen molar-refractivity contribution in [2.24, 2.45) is 7.05 Å². The third kappa shape index (κ3) is 3.31. The van der Waals surface area contributed by atoms with Gasteiger partial charge in [0, 0.05) is 30.5 Å². The van der Waals surface area contributed by atoms with E-state index in [9.17, 15) is 4.79 Å². The van der Waals surface area contributed by atoms with Crippen LogP contribution in [0, 0.1) is 6.92 Å². The number of nitrogens with one attached hydrogen (secondary N) is 1. The highest BCUT2D eigenvalue weighted by Crippen LogP contribution is 2.18. The fourth-order valence-corrected chi connectivity index (χ4v) is 2.60. The summed E-state index contributed by atoms with van der Waals surface area (Å²) in [5, 5.41) is 4.23. The van der Waals surface area contributed by atoms with E-state index in [0.29, 0.717) is 10.9 Å². The van der Waals surface area contributed by atoms with Gasteiger partial charge in [-0.15, -0.1) is 11.3 Å². The molecule has 5 nitrogen and oxygen atoms in total. The van der Waals surface area contributed by atoms with Crippen molar-refractivity contribution >= 4 is 34.1 Å². The van der Waals surface area contributed by atoms with Crippen molar-refractivity contribution in [3.8, 4) is 0 Å². The third-order valence-corrected chi connectivity index (χ3v) is 3.86. The minimum atomic E-state index is -0.0626. The lowest BCUT2D eigenvalue weighted by Gasteiger charge is -2.01. The van der Waals surface area contributed by atoms with Crippen LogP contribution in [0.2, 0.25) is 0 Å². The summed E-state index contributed by atoms with van der Waals surface area (Å²) in [6.07, 6.45) is 5.31. The number of hydrogen-bond donors (Lipinski definition) is 1. The van der Waals surface area contributed by atoms with Crippen LogP contribution in [-0.4, -0.2) is 26.2 Å². The molecule has 17 heavy (non-hydrogen) atoms. The molecule has 0 aliphatic rings. The number of amides is 1. The Morgan fingerprint density at radius 1 is 1.59 bits per heavy atom. The molecule has 0 fully saturated rings. The highest BCUT2D eigenvalue weighted by molar-refractivity contribution is 7.99. The van der Waals surface area contributed by atoms with Crippen LogP contribution < -0.4 is 5.32 Å². The maximum Gasteiger partial charge on any atom is 0.236 e. The van der Waals surface area contributed by atoms with Crippen LogP contribution in [0.1, 0.15) is 4.88 Å². The number of aryl methyl sites for hydroxylation is 2. The average molecular weight is 268 g/mol. The van der Waals surface area contributed by atoms with Gasteiger partial charge in [0.05, 0.1) is 5.75 Å². The standard InChI is InChI=1S/C10H12N4OS2/c1-7-5-12-9(17-7)13-8(15)6-16-10-11-3-4-14(10)2/h3-5H,6H2,1-2H3,(H,12,13,15). The smallest absolute Gasteiger partial charge is 0.236 e. The summed E-state index contributed by atoms with van der Waals surface area (Å²) in [6.45, 7) is 1.95. The molecule has 0 bridgehead atoms. The largest absolute Gasteiger partial charge is 0.329 e. The summed E-state index contributed by atoms with van der Waals surface area (Å²) >= 11 is 2.87. The molecule has 0 saturated heterocycles. The van der Waals surface area contributed by atoms with Gasteiger partial charge in [0.2, 0.25) is 5.91 Å². The Labute approximate surface area is 107 Å². The third-order valence-electron chi connectivity index (χ3n) is 1.98. The van der Waals surface area contributed by atoms with Crippen LogP contribution in [0.4, 0.5) is 5.13 Å². The summed E-state index contributed by atoms with van der Waals surface area (Å²) in [5.41, 5.74) is 0. The van der Waals surface area contributed by atoms with E-state index < -0.39 is 0 Å². The Morgan fingerprint density at radius 3 is 3.00 bits per heavy atom. The maximum atomic E-state index is 11.6. The van der Waals surface area contributed by atoms with Crippen LogP contribution in [0.15, 0.2) is 23.7 Å². The molecule has 0 atom stereocenters. The first-order chi connectivity index (χ1) is 8.15. The first-order valence-electron chi connectivity index (χ1n) is 4.97. The minimum Gasteiger partial charge on any atom is -0.329 e. The molecule has 90 valence electrons. The first kappa shape index (κ1) is 12.1. The first-order valence-corrected chi connectivity index (χ1v) is 6.78. The molecule has 0 spiro atoms. The van der Waals surface area contributed by atoms with Gasteiger partial charge in [0.15, 0.2) is 10.3 Å². The van der Waals surface area contributed by atoms with E-state index in [4.69, 9.17) is 0 Å². The minimum absolute atomic E-state index is 0.0626. The summed E-state index contributed by atoms with van der Waals surface area (Å²) in [6, 6.07) is 0. The molecule has 0 aliphatic carbocycles. The fraction of sp³-hybridized carbons (Fsp3) is 0.300. The number of anilines is 1. The van der Waals surface area contributed by atoms with Gasteiger partial charge in [-0.3, -0.25) is 4.79 Å². The SMILES string of the molecule is Cc1cnc(NC(=O)CSc2nccn2C)s1. The number of imidazole rings is 1. The van der Waals surface area contributed by atoms with E-state index in [1.165, 1.54) is 23.1 Å². The lowest BCUT2D eigenvalue weighted by Crippen LogP contribution is -2.14. The molecule has 2 aromatic rings. The molecule has 7 heteroatoms. The summed E-state index contributed by atoms with van der Waals surface area (Å²) in [5.74, 6) is 0.274. The van der Waals surface area contributed by atoms with E-state index in [1.54, 1.807) is 12.4 Å². The monoisotopic (exact) mass is 268 g/mol. The maximum absolute atomic E-state index is 11.6. The molecule has 2 rings (SSSR count). The number of hydrogen-bond acceptors (Lipinski definition) is 5. The second kappa shape index (κ2) is 5.33. The van der Waals surface area contributed by atoms with E-state index in [2.05, 4.69) is 15.3 Å². The van der Waals surface area contributed by atoms with Crippen molar-refractivity contribution in [3.63, 3.8) is 0 Å². The molecule has 2 aromatic heterocycles. The normalized spacial score (nSPS) is 10.5. The number of carbonyl (C=O) groups excluding carboxylic acids is 1. The lowest BCUT2D eigenvalue weighted by atomic mass is 10.6.